The fourth-order valence-electron chi connectivity index (χ4n) is 1.17. The van der Waals surface area contributed by atoms with Gasteiger partial charge < -0.3 is 10.5 Å². The van der Waals surface area contributed by atoms with Crippen LogP contribution in [0.5, 0.6) is 11.6 Å². The molecule has 2 heterocycles. The summed E-state index contributed by atoms with van der Waals surface area (Å²) in [6.45, 7) is 1.91. The van der Waals surface area contributed by atoms with Gasteiger partial charge >= 0.3 is 0 Å². The maximum absolute atomic E-state index is 5.65. The molecule has 0 spiro atoms. The van der Waals surface area contributed by atoms with E-state index in [4.69, 9.17) is 10.5 Å². The molecule has 78 valence electrons. The van der Waals surface area contributed by atoms with Crippen LogP contribution in [0.25, 0.3) is 0 Å². The van der Waals surface area contributed by atoms with E-state index in [1.54, 1.807) is 29.3 Å². The van der Waals surface area contributed by atoms with Crippen molar-refractivity contribution in [1.82, 2.24) is 14.8 Å². The summed E-state index contributed by atoms with van der Waals surface area (Å²) in [6, 6.07) is 1.79. The fraction of sp³-hybridized carbons (Fsp3) is 0.200. The van der Waals surface area contributed by atoms with Gasteiger partial charge in [-0.25, -0.2) is 4.98 Å². The Morgan fingerprint density at radius 1 is 1.40 bits per heavy atom. The highest BCUT2D eigenvalue weighted by Gasteiger charge is 2.02. The molecule has 0 saturated carbocycles. The average Bonchev–Trinajstić information content (AvgIpc) is 2.58. The fourth-order valence-corrected chi connectivity index (χ4v) is 1.17. The lowest BCUT2D eigenvalue weighted by Crippen LogP contribution is -1.93. The summed E-state index contributed by atoms with van der Waals surface area (Å²) in [5.74, 6) is 1.18. The summed E-state index contributed by atoms with van der Waals surface area (Å²) in [6.07, 6.45) is 4.99. The number of hydrogen-bond acceptors (Lipinski definition) is 4. The lowest BCUT2D eigenvalue weighted by Gasteiger charge is -2.03. The number of nitrogen functional groups attached to an aromatic ring is 1. The number of aryl methyl sites for hydroxylation is 2. The highest BCUT2D eigenvalue weighted by Crippen LogP contribution is 2.21. The van der Waals surface area contributed by atoms with Crippen LogP contribution < -0.4 is 10.5 Å². The highest BCUT2D eigenvalue weighted by molar-refractivity contribution is 5.45. The molecule has 0 atom stereocenters. The minimum Gasteiger partial charge on any atom is -0.436 e. The van der Waals surface area contributed by atoms with Crippen LogP contribution in [0.3, 0.4) is 0 Å². The summed E-state index contributed by atoms with van der Waals surface area (Å²) in [5, 5.41) is 3.99. The molecule has 0 aliphatic rings. The van der Waals surface area contributed by atoms with Gasteiger partial charge in [0.25, 0.3) is 0 Å². The Bertz CT molecular complexity index is 478. The molecule has 0 aliphatic carbocycles. The summed E-state index contributed by atoms with van der Waals surface area (Å²) in [4.78, 5) is 4.06. The summed E-state index contributed by atoms with van der Waals surface area (Å²) in [5.41, 5.74) is 7.26. The maximum atomic E-state index is 5.65. The highest BCUT2D eigenvalue weighted by atomic mass is 16.5. The summed E-state index contributed by atoms with van der Waals surface area (Å²) < 4.78 is 7.15. The van der Waals surface area contributed by atoms with Crippen LogP contribution >= 0.6 is 0 Å². The van der Waals surface area contributed by atoms with Crippen molar-refractivity contribution in [3.05, 3.63) is 30.2 Å². The molecule has 5 heteroatoms. The number of anilines is 1. The summed E-state index contributed by atoms with van der Waals surface area (Å²) >= 11 is 0. The second-order valence-corrected chi connectivity index (χ2v) is 3.33. The quantitative estimate of drug-likeness (QED) is 0.805. The van der Waals surface area contributed by atoms with Crippen LogP contribution in [-0.2, 0) is 7.05 Å². The SMILES string of the molecule is Cc1cc(Oc2cnn(C)c2)ncc1N. The second kappa shape index (κ2) is 3.61. The third-order valence-corrected chi connectivity index (χ3v) is 2.03. The number of nitrogens with two attached hydrogens (primary N) is 1. The smallest absolute Gasteiger partial charge is 0.219 e. The molecule has 0 radical (unpaired) electrons. The van der Waals surface area contributed by atoms with Crippen molar-refractivity contribution in [2.75, 3.05) is 5.73 Å². The van der Waals surface area contributed by atoms with E-state index < -0.39 is 0 Å². The van der Waals surface area contributed by atoms with Gasteiger partial charge in [-0.1, -0.05) is 0 Å². The predicted molar refractivity (Wildman–Crippen MR) is 56.7 cm³/mol. The van der Waals surface area contributed by atoms with Crippen molar-refractivity contribution in [1.29, 1.82) is 0 Å². The number of ether oxygens (including phenoxy) is 1. The van der Waals surface area contributed by atoms with Gasteiger partial charge in [0.05, 0.1) is 24.3 Å². The van der Waals surface area contributed by atoms with E-state index in [0.29, 0.717) is 17.3 Å². The average molecular weight is 204 g/mol. The number of nitrogens with zero attached hydrogens (tertiary/aromatic N) is 3. The van der Waals surface area contributed by atoms with Crippen molar-refractivity contribution < 1.29 is 4.74 Å². The largest absolute Gasteiger partial charge is 0.436 e. The number of pyridine rings is 1. The van der Waals surface area contributed by atoms with Crippen molar-refractivity contribution in [2.45, 2.75) is 6.92 Å². The van der Waals surface area contributed by atoms with Crippen LogP contribution in [0.15, 0.2) is 24.7 Å². The summed E-state index contributed by atoms with van der Waals surface area (Å²) in [7, 11) is 1.83. The van der Waals surface area contributed by atoms with E-state index in [-0.39, 0.29) is 0 Å². The zero-order chi connectivity index (χ0) is 10.8. The Labute approximate surface area is 87.5 Å². The molecule has 0 unspecified atom stereocenters. The van der Waals surface area contributed by atoms with Crippen LogP contribution in [-0.4, -0.2) is 14.8 Å². The van der Waals surface area contributed by atoms with E-state index in [0.717, 1.165) is 5.56 Å². The molecular formula is C10H12N4O. The molecule has 5 nitrogen and oxygen atoms in total. The van der Waals surface area contributed by atoms with E-state index in [1.165, 1.54) is 0 Å². The van der Waals surface area contributed by atoms with Crippen molar-refractivity contribution in [2.24, 2.45) is 7.05 Å². The maximum Gasteiger partial charge on any atom is 0.219 e. The molecular weight excluding hydrogens is 192 g/mol. The van der Waals surface area contributed by atoms with Crippen LogP contribution in [0.2, 0.25) is 0 Å². The van der Waals surface area contributed by atoms with Crippen LogP contribution in [0, 0.1) is 6.92 Å². The molecule has 0 bridgehead atoms. The van der Waals surface area contributed by atoms with Gasteiger partial charge in [-0.05, 0) is 12.5 Å². The van der Waals surface area contributed by atoms with Crippen molar-refractivity contribution in [3.8, 4) is 11.6 Å². The van der Waals surface area contributed by atoms with Crippen molar-refractivity contribution in [3.63, 3.8) is 0 Å². The minimum absolute atomic E-state index is 0.523. The molecule has 2 aromatic heterocycles. The topological polar surface area (TPSA) is 66.0 Å². The second-order valence-electron chi connectivity index (χ2n) is 3.33. The molecule has 2 N–H and O–H groups in total. The van der Waals surface area contributed by atoms with E-state index in [9.17, 15) is 0 Å². The first-order valence-corrected chi connectivity index (χ1v) is 4.54. The lowest BCUT2D eigenvalue weighted by molar-refractivity contribution is 0.462. The Hall–Kier alpha value is -2.04. The Balaban J connectivity index is 2.21. The monoisotopic (exact) mass is 204 g/mol. The zero-order valence-electron chi connectivity index (χ0n) is 8.64. The minimum atomic E-state index is 0.523. The van der Waals surface area contributed by atoms with Gasteiger partial charge in [-0.3, -0.25) is 4.68 Å². The molecule has 2 rings (SSSR count). The molecule has 15 heavy (non-hydrogen) atoms. The molecule has 0 aliphatic heterocycles. The third-order valence-electron chi connectivity index (χ3n) is 2.03. The molecule has 0 amide bonds. The first kappa shape index (κ1) is 9.51. The van der Waals surface area contributed by atoms with Crippen LogP contribution in [0.4, 0.5) is 5.69 Å². The van der Waals surface area contributed by atoms with E-state index in [1.807, 2.05) is 14.0 Å². The Morgan fingerprint density at radius 2 is 2.20 bits per heavy atom. The number of hydrogen-bond donors (Lipinski definition) is 1. The lowest BCUT2D eigenvalue weighted by atomic mass is 10.2. The van der Waals surface area contributed by atoms with Gasteiger partial charge in [-0.15, -0.1) is 0 Å². The zero-order valence-corrected chi connectivity index (χ0v) is 8.64. The Kier molecular flexibility index (Phi) is 2.29. The molecule has 0 fully saturated rings. The van der Waals surface area contributed by atoms with Crippen LogP contribution in [0.1, 0.15) is 5.56 Å². The van der Waals surface area contributed by atoms with E-state index in [2.05, 4.69) is 10.1 Å². The van der Waals surface area contributed by atoms with Gasteiger partial charge in [0.15, 0.2) is 5.75 Å². The number of aromatic nitrogens is 3. The Morgan fingerprint density at radius 3 is 2.80 bits per heavy atom. The molecule has 2 aromatic rings. The van der Waals surface area contributed by atoms with Gasteiger partial charge in [0, 0.05) is 13.1 Å². The normalized spacial score (nSPS) is 10.3. The van der Waals surface area contributed by atoms with Gasteiger partial charge in [0.2, 0.25) is 5.88 Å². The molecule has 0 aromatic carbocycles. The molecule has 0 saturated heterocycles. The van der Waals surface area contributed by atoms with Gasteiger partial charge in [-0.2, -0.15) is 5.10 Å². The number of rotatable bonds is 2. The standard InChI is InChI=1S/C10H12N4O/c1-7-3-10(12-5-9(7)11)15-8-4-13-14(2)6-8/h3-6H,11H2,1-2H3. The van der Waals surface area contributed by atoms with Crippen molar-refractivity contribution >= 4 is 5.69 Å². The van der Waals surface area contributed by atoms with E-state index >= 15 is 0 Å². The first-order valence-electron chi connectivity index (χ1n) is 4.54. The third kappa shape index (κ3) is 2.07. The first-order chi connectivity index (χ1) is 7.15. The van der Waals surface area contributed by atoms with Gasteiger partial charge in [0.1, 0.15) is 0 Å². The predicted octanol–water partition coefficient (Wildman–Crippen LogP) is 1.50.